The molecule has 7 nitrogen and oxygen atoms in total. The number of rotatable bonds is 7. The van der Waals surface area contributed by atoms with Crippen LogP contribution in [0, 0.1) is 18.8 Å². The molecule has 1 saturated heterocycles. The molecular formula is C18H27N5O2S. The zero-order valence-corrected chi connectivity index (χ0v) is 16.3. The molecule has 1 aliphatic heterocycles. The molecule has 0 amide bonds. The summed E-state index contributed by atoms with van der Waals surface area (Å²) >= 11 is 0. The van der Waals surface area contributed by atoms with Gasteiger partial charge in [0.05, 0.1) is 6.20 Å². The van der Waals surface area contributed by atoms with Gasteiger partial charge in [-0.25, -0.2) is 13.4 Å². The summed E-state index contributed by atoms with van der Waals surface area (Å²) in [6, 6.07) is 0. The topological polar surface area (TPSA) is 73.0 Å². The van der Waals surface area contributed by atoms with Crippen LogP contribution in [0.2, 0.25) is 0 Å². The third-order valence-corrected chi connectivity index (χ3v) is 7.38. The molecule has 0 spiro atoms. The first kappa shape index (κ1) is 17.7. The fraction of sp³-hybridized carbons (Fsp3) is 0.667. The van der Waals surface area contributed by atoms with Gasteiger partial charge < -0.3 is 4.57 Å². The molecule has 2 fully saturated rings. The molecule has 1 aliphatic carbocycles. The van der Waals surface area contributed by atoms with E-state index in [0.29, 0.717) is 30.4 Å². The lowest BCUT2D eigenvalue weighted by molar-refractivity contribution is 0.448. The number of sulfonamides is 1. The van der Waals surface area contributed by atoms with Gasteiger partial charge in [0, 0.05) is 50.7 Å². The minimum Gasteiger partial charge on any atom is -0.332 e. The maximum absolute atomic E-state index is 12.8. The molecule has 4 rings (SSSR count). The third kappa shape index (κ3) is 3.44. The molecule has 1 unspecified atom stereocenters. The average Bonchev–Trinajstić information content (AvgIpc) is 3.02. The molecule has 0 radical (unpaired) electrons. The van der Waals surface area contributed by atoms with Crippen molar-refractivity contribution in [2.24, 2.45) is 11.8 Å². The fourth-order valence-corrected chi connectivity index (χ4v) is 5.21. The predicted molar refractivity (Wildman–Crippen MR) is 98.2 cm³/mol. The molecule has 2 aliphatic rings. The number of hydrogen-bond acceptors (Lipinski definition) is 4. The Morgan fingerprint density at radius 3 is 2.69 bits per heavy atom. The van der Waals surface area contributed by atoms with Crippen molar-refractivity contribution in [1.82, 2.24) is 23.6 Å². The summed E-state index contributed by atoms with van der Waals surface area (Å²) in [5, 5.41) is 4.10. The van der Waals surface area contributed by atoms with Gasteiger partial charge in [-0.1, -0.05) is 0 Å². The quantitative estimate of drug-likeness (QED) is 0.740. The van der Waals surface area contributed by atoms with Gasteiger partial charge in [0.25, 0.3) is 0 Å². The summed E-state index contributed by atoms with van der Waals surface area (Å²) in [5.74, 6) is 2.24. The summed E-state index contributed by atoms with van der Waals surface area (Å²) in [5.41, 5.74) is 1.21. The van der Waals surface area contributed by atoms with Gasteiger partial charge in [-0.3, -0.25) is 4.68 Å². The van der Waals surface area contributed by atoms with Crippen molar-refractivity contribution in [2.45, 2.75) is 57.5 Å². The Hall–Kier alpha value is -1.67. The van der Waals surface area contributed by atoms with E-state index >= 15 is 0 Å². The second kappa shape index (κ2) is 6.81. The molecule has 142 valence electrons. The van der Waals surface area contributed by atoms with Crippen LogP contribution in [0.3, 0.4) is 0 Å². The van der Waals surface area contributed by atoms with Crippen LogP contribution >= 0.6 is 0 Å². The standard InChI is InChI=1S/C18H27N5O2S/c1-3-21-13-17(10-20-21)26(24,25)22-7-6-16(11-22)8-18-19-9-14(2)23(18)12-15-4-5-15/h9-10,13,15-16H,3-8,11-12H2,1-2H3. The molecular weight excluding hydrogens is 350 g/mol. The average molecular weight is 378 g/mol. The number of aryl methyl sites for hydroxylation is 2. The van der Waals surface area contributed by atoms with Crippen LogP contribution in [0.4, 0.5) is 0 Å². The Labute approximate surface area is 155 Å². The molecule has 1 atom stereocenters. The minimum atomic E-state index is -3.44. The van der Waals surface area contributed by atoms with Crippen molar-refractivity contribution in [3.05, 3.63) is 30.1 Å². The highest BCUT2D eigenvalue weighted by atomic mass is 32.2. The van der Waals surface area contributed by atoms with Crippen LogP contribution in [0.1, 0.15) is 37.7 Å². The Morgan fingerprint density at radius 1 is 1.19 bits per heavy atom. The van der Waals surface area contributed by atoms with Gasteiger partial charge in [-0.15, -0.1) is 0 Å². The van der Waals surface area contributed by atoms with Crippen LogP contribution < -0.4 is 0 Å². The van der Waals surface area contributed by atoms with Crippen molar-refractivity contribution in [3.63, 3.8) is 0 Å². The molecule has 2 aromatic heterocycles. The van der Waals surface area contributed by atoms with Crippen LogP contribution in [0.5, 0.6) is 0 Å². The fourth-order valence-electron chi connectivity index (χ4n) is 3.72. The maximum atomic E-state index is 12.8. The third-order valence-electron chi connectivity index (χ3n) is 5.57. The first-order valence-corrected chi connectivity index (χ1v) is 10.9. The van der Waals surface area contributed by atoms with E-state index in [-0.39, 0.29) is 0 Å². The molecule has 8 heteroatoms. The lowest BCUT2D eigenvalue weighted by Gasteiger charge is -2.16. The van der Waals surface area contributed by atoms with Gasteiger partial charge in [0.1, 0.15) is 10.7 Å². The molecule has 0 bridgehead atoms. The van der Waals surface area contributed by atoms with E-state index in [1.54, 1.807) is 15.2 Å². The Bertz CT molecular complexity index is 881. The first-order valence-electron chi connectivity index (χ1n) is 9.51. The van der Waals surface area contributed by atoms with E-state index < -0.39 is 10.0 Å². The summed E-state index contributed by atoms with van der Waals surface area (Å²) in [4.78, 5) is 4.90. The highest BCUT2D eigenvalue weighted by Gasteiger charge is 2.34. The summed E-state index contributed by atoms with van der Waals surface area (Å²) in [6.07, 6.45) is 9.39. The van der Waals surface area contributed by atoms with Crippen molar-refractivity contribution in [2.75, 3.05) is 13.1 Å². The minimum absolute atomic E-state index is 0.297. The van der Waals surface area contributed by atoms with Crippen LogP contribution in [0.25, 0.3) is 0 Å². The van der Waals surface area contributed by atoms with Crippen LogP contribution in [-0.4, -0.2) is 45.1 Å². The largest absolute Gasteiger partial charge is 0.332 e. The van der Waals surface area contributed by atoms with E-state index in [9.17, 15) is 8.42 Å². The summed E-state index contributed by atoms with van der Waals surface area (Å²) < 4.78 is 31.3. The Kier molecular flexibility index (Phi) is 4.64. The lowest BCUT2D eigenvalue weighted by atomic mass is 10.0. The van der Waals surface area contributed by atoms with E-state index in [1.807, 2.05) is 13.1 Å². The van der Waals surface area contributed by atoms with Crippen LogP contribution in [-0.2, 0) is 29.5 Å². The van der Waals surface area contributed by atoms with E-state index in [4.69, 9.17) is 0 Å². The number of aromatic nitrogens is 4. The molecule has 0 aromatic carbocycles. The monoisotopic (exact) mass is 377 g/mol. The highest BCUT2D eigenvalue weighted by molar-refractivity contribution is 7.89. The lowest BCUT2D eigenvalue weighted by Crippen LogP contribution is -2.29. The highest BCUT2D eigenvalue weighted by Crippen LogP contribution is 2.32. The van der Waals surface area contributed by atoms with Crippen molar-refractivity contribution < 1.29 is 8.42 Å². The van der Waals surface area contributed by atoms with E-state index in [2.05, 4.69) is 21.6 Å². The second-order valence-corrected chi connectivity index (χ2v) is 9.56. The van der Waals surface area contributed by atoms with E-state index in [1.165, 1.54) is 24.7 Å². The molecule has 2 aromatic rings. The Morgan fingerprint density at radius 2 is 2.00 bits per heavy atom. The van der Waals surface area contributed by atoms with Crippen molar-refractivity contribution in [1.29, 1.82) is 0 Å². The SMILES string of the molecule is CCn1cc(S(=O)(=O)N2CCC(Cc3ncc(C)n3CC3CC3)C2)cn1. The molecule has 1 saturated carbocycles. The zero-order valence-electron chi connectivity index (χ0n) is 15.5. The summed E-state index contributed by atoms with van der Waals surface area (Å²) in [7, 11) is -3.44. The van der Waals surface area contributed by atoms with E-state index in [0.717, 1.165) is 31.1 Å². The maximum Gasteiger partial charge on any atom is 0.246 e. The van der Waals surface area contributed by atoms with Crippen molar-refractivity contribution in [3.8, 4) is 0 Å². The smallest absolute Gasteiger partial charge is 0.246 e. The molecule has 26 heavy (non-hydrogen) atoms. The normalized spacial score (nSPS) is 21.5. The number of imidazole rings is 1. The Balaban J connectivity index is 1.44. The van der Waals surface area contributed by atoms with Crippen molar-refractivity contribution >= 4 is 10.0 Å². The van der Waals surface area contributed by atoms with Gasteiger partial charge in [0.15, 0.2) is 0 Å². The van der Waals surface area contributed by atoms with Gasteiger partial charge in [-0.05, 0) is 44.9 Å². The van der Waals surface area contributed by atoms with Crippen LogP contribution in [0.15, 0.2) is 23.5 Å². The zero-order chi connectivity index (χ0) is 18.3. The second-order valence-electron chi connectivity index (χ2n) is 7.62. The molecule has 0 N–H and O–H groups in total. The first-order chi connectivity index (χ1) is 12.5. The van der Waals surface area contributed by atoms with Gasteiger partial charge in [-0.2, -0.15) is 9.40 Å². The van der Waals surface area contributed by atoms with Gasteiger partial charge >= 0.3 is 0 Å². The number of hydrogen-bond donors (Lipinski definition) is 0. The number of nitrogens with zero attached hydrogens (tertiary/aromatic N) is 5. The predicted octanol–water partition coefficient (Wildman–Crippen LogP) is 2.07. The van der Waals surface area contributed by atoms with Gasteiger partial charge in [0.2, 0.25) is 10.0 Å². The molecule has 3 heterocycles. The summed E-state index contributed by atoms with van der Waals surface area (Å²) in [6.45, 7) is 6.92.